The highest BCUT2D eigenvalue weighted by molar-refractivity contribution is 9.10. The zero-order valence-corrected chi connectivity index (χ0v) is 22.5. The number of hydrogen-bond acceptors (Lipinski definition) is 7. The van der Waals surface area contributed by atoms with Crippen molar-refractivity contribution >= 4 is 31.6 Å². The molecule has 3 aromatic rings. The molecule has 0 saturated carbocycles. The van der Waals surface area contributed by atoms with Crippen LogP contribution >= 0.6 is 15.9 Å². The number of nitrogens with zero attached hydrogens (tertiary/aromatic N) is 4. The molecule has 1 aromatic heterocycles. The molecule has 0 unspecified atom stereocenters. The van der Waals surface area contributed by atoms with Crippen LogP contribution in [0.5, 0.6) is 5.75 Å². The van der Waals surface area contributed by atoms with Crippen LogP contribution in [0.15, 0.2) is 58.0 Å². The predicted molar refractivity (Wildman–Crippen MR) is 139 cm³/mol. The minimum atomic E-state index is -3.58. The van der Waals surface area contributed by atoms with Crippen molar-refractivity contribution in [3.63, 3.8) is 0 Å². The standard InChI is InChI=1S/C25H29BrN4O4S/c1-29(2)35(31,32)24-7-5-4-6-19(24)14-22-21(26)17-27-25(28-22)15-18-8-9-20(16-23(18)33-3)30-10-12-34-13-11-30/h4-9,16-17H,10-15H2,1-3H3. The number of aromatic nitrogens is 2. The van der Waals surface area contributed by atoms with Gasteiger partial charge in [0.2, 0.25) is 10.0 Å². The van der Waals surface area contributed by atoms with E-state index in [9.17, 15) is 8.42 Å². The first-order chi connectivity index (χ1) is 16.8. The summed E-state index contributed by atoms with van der Waals surface area (Å²) in [5.41, 5.74) is 3.48. The predicted octanol–water partition coefficient (Wildman–Crippen LogP) is 3.52. The first-order valence-electron chi connectivity index (χ1n) is 11.3. The largest absolute Gasteiger partial charge is 0.496 e. The fourth-order valence-electron chi connectivity index (χ4n) is 4.00. The minimum absolute atomic E-state index is 0.275. The van der Waals surface area contributed by atoms with E-state index in [4.69, 9.17) is 14.5 Å². The third kappa shape index (κ3) is 5.83. The zero-order valence-electron chi connectivity index (χ0n) is 20.1. The van der Waals surface area contributed by atoms with Crippen molar-refractivity contribution in [2.45, 2.75) is 17.7 Å². The number of halogens is 1. The molecule has 0 spiro atoms. The summed E-state index contributed by atoms with van der Waals surface area (Å²) in [6.07, 6.45) is 2.56. The van der Waals surface area contributed by atoms with Crippen LogP contribution in [0.4, 0.5) is 5.69 Å². The van der Waals surface area contributed by atoms with Crippen molar-refractivity contribution in [3.05, 3.63) is 75.8 Å². The maximum atomic E-state index is 12.8. The summed E-state index contributed by atoms with van der Waals surface area (Å²) < 4.78 is 38.7. The number of benzene rings is 2. The van der Waals surface area contributed by atoms with Crippen LogP contribution in [0, 0.1) is 0 Å². The summed E-state index contributed by atoms with van der Waals surface area (Å²) in [5.74, 6) is 1.41. The van der Waals surface area contributed by atoms with Gasteiger partial charge in [-0.1, -0.05) is 24.3 Å². The van der Waals surface area contributed by atoms with Gasteiger partial charge in [-0.2, -0.15) is 0 Å². The van der Waals surface area contributed by atoms with E-state index in [1.54, 1.807) is 25.4 Å². The first-order valence-corrected chi connectivity index (χ1v) is 13.5. The highest BCUT2D eigenvalue weighted by atomic mass is 79.9. The van der Waals surface area contributed by atoms with E-state index in [1.165, 1.54) is 18.4 Å². The normalized spacial score (nSPS) is 14.4. The van der Waals surface area contributed by atoms with E-state index < -0.39 is 10.0 Å². The molecule has 35 heavy (non-hydrogen) atoms. The zero-order chi connectivity index (χ0) is 25.0. The molecule has 0 amide bonds. The second-order valence-corrected chi connectivity index (χ2v) is 11.4. The van der Waals surface area contributed by atoms with Crippen LogP contribution < -0.4 is 9.64 Å². The molecular weight excluding hydrogens is 532 g/mol. The summed E-state index contributed by atoms with van der Waals surface area (Å²) in [6.45, 7) is 3.15. The SMILES string of the molecule is COc1cc(N2CCOCC2)ccc1Cc1ncc(Br)c(Cc2ccccc2S(=O)(=O)N(C)C)n1. The Balaban J connectivity index is 1.60. The van der Waals surface area contributed by atoms with Gasteiger partial charge in [0.15, 0.2) is 0 Å². The van der Waals surface area contributed by atoms with E-state index in [1.807, 2.05) is 24.3 Å². The summed E-state index contributed by atoms with van der Waals surface area (Å²) in [7, 11) is 1.15. The molecule has 10 heteroatoms. The molecule has 2 heterocycles. The van der Waals surface area contributed by atoms with E-state index in [0.29, 0.717) is 24.2 Å². The molecule has 1 aliphatic rings. The Morgan fingerprint density at radius 3 is 2.54 bits per heavy atom. The highest BCUT2D eigenvalue weighted by Crippen LogP contribution is 2.29. The number of hydrogen-bond donors (Lipinski definition) is 0. The van der Waals surface area contributed by atoms with E-state index in [2.05, 4.69) is 31.9 Å². The molecule has 0 bridgehead atoms. The molecule has 186 valence electrons. The third-order valence-electron chi connectivity index (χ3n) is 5.95. The summed E-state index contributed by atoms with van der Waals surface area (Å²) >= 11 is 3.53. The van der Waals surface area contributed by atoms with Crippen LogP contribution in [0.1, 0.15) is 22.6 Å². The van der Waals surface area contributed by atoms with Gasteiger partial charge in [-0.05, 0) is 33.6 Å². The van der Waals surface area contributed by atoms with Crippen molar-refractivity contribution < 1.29 is 17.9 Å². The first kappa shape index (κ1) is 25.6. The number of morpholine rings is 1. The molecule has 4 rings (SSSR count). The third-order valence-corrected chi connectivity index (χ3v) is 8.53. The topological polar surface area (TPSA) is 84.9 Å². The van der Waals surface area contributed by atoms with Crippen LogP contribution in [-0.2, 0) is 27.6 Å². The van der Waals surface area contributed by atoms with E-state index >= 15 is 0 Å². The quantitative estimate of drug-likeness (QED) is 0.416. The lowest BCUT2D eigenvalue weighted by molar-refractivity contribution is 0.122. The van der Waals surface area contributed by atoms with Crippen LogP contribution in [-0.4, -0.2) is 70.2 Å². The van der Waals surface area contributed by atoms with Crippen molar-refractivity contribution in [1.82, 2.24) is 14.3 Å². The molecule has 0 N–H and O–H groups in total. The Labute approximate surface area is 215 Å². The van der Waals surface area contributed by atoms with E-state index in [0.717, 1.165) is 53.5 Å². The van der Waals surface area contributed by atoms with Crippen molar-refractivity contribution in [1.29, 1.82) is 0 Å². The average Bonchev–Trinajstić information content (AvgIpc) is 2.87. The molecule has 1 aliphatic heterocycles. The summed E-state index contributed by atoms with van der Waals surface area (Å²) in [5, 5.41) is 0. The Hall–Kier alpha value is -2.53. The monoisotopic (exact) mass is 560 g/mol. The molecular formula is C25H29BrN4O4S. The smallest absolute Gasteiger partial charge is 0.242 e. The number of anilines is 1. The van der Waals surface area contributed by atoms with E-state index in [-0.39, 0.29) is 4.90 Å². The maximum Gasteiger partial charge on any atom is 0.242 e. The molecule has 0 aliphatic carbocycles. The van der Waals surface area contributed by atoms with Gasteiger partial charge in [0.1, 0.15) is 11.6 Å². The lowest BCUT2D eigenvalue weighted by atomic mass is 10.1. The Kier molecular flexibility index (Phi) is 8.05. The fraction of sp³-hybridized carbons (Fsp3) is 0.360. The van der Waals surface area contributed by atoms with Gasteiger partial charge in [-0.15, -0.1) is 0 Å². The average molecular weight is 562 g/mol. The van der Waals surface area contributed by atoms with Gasteiger partial charge in [0.05, 0.1) is 35.4 Å². The van der Waals surface area contributed by atoms with Crippen LogP contribution in [0.3, 0.4) is 0 Å². The summed E-state index contributed by atoms with van der Waals surface area (Å²) in [6, 6.07) is 13.2. The van der Waals surface area contributed by atoms with Gasteiger partial charge in [0, 0.05) is 63.5 Å². The van der Waals surface area contributed by atoms with Gasteiger partial charge in [0.25, 0.3) is 0 Å². The van der Waals surface area contributed by atoms with Gasteiger partial charge in [-0.25, -0.2) is 22.7 Å². The maximum absolute atomic E-state index is 12.8. The molecule has 2 aromatic carbocycles. The van der Waals surface area contributed by atoms with Crippen molar-refractivity contribution in [2.75, 3.05) is 52.4 Å². The lowest BCUT2D eigenvalue weighted by Gasteiger charge is -2.29. The Morgan fingerprint density at radius 2 is 1.83 bits per heavy atom. The lowest BCUT2D eigenvalue weighted by Crippen LogP contribution is -2.36. The molecule has 1 saturated heterocycles. The second kappa shape index (κ2) is 11.0. The molecule has 1 fully saturated rings. The molecule has 8 nitrogen and oxygen atoms in total. The van der Waals surface area contributed by atoms with Crippen molar-refractivity contribution in [2.24, 2.45) is 0 Å². The van der Waals surface area contributed by atoms with Crippen molar-refractivity contribution in [3.8, 4) is 5.75 Å². The fourth-order valence-corrected chi connectivity index (χ4v) is 5.45. The highest BCUT2D eigenvalue weighted by Gasteiger charge is 2.22. The van der Waals surface area contributed by atoms with Gasteiger partial charge in [-0.3, -0.25) is 0 Å². The Bertz CT molecular complexity index is 1290. The van der Waals surface area contributed by atoms with Crippen LogP contribution in [0.25, 0.3) is 0 Å². The number of methoxy groups -OCH3 is 1. The van der Waals surface area contributed by atoms with Crippen LogP contribution in [0.2, 0.25) is 0 Å². The Morgan fingerprint density at radius 1 is 1.09 bits per heavy atom. The minimum Gasteiger partial charge on any atom is -0.496 e. The summed E-state index contributed by atoms with van der Waals surface area (Å²) in [4.78, 5) is 11.8. The van der Waals surface area contributed by atoms with Gasteiger partial charge < -0.3 is 14.4 Å². The number of sulfonamides is 1. The molecule has 0 atom stereocenters. The second-order valence-electron chi connectivity index (χ2n) is 8.43. The number of ether oxygens (including phenoxy) is 2. The number of rotatable bonds is 8. The molecule has 0 radical (unpaired) electrons. The van der Waals surface area contributed by atoms with Gasteiger partial charge >= 0.3 is 0 Å².